The van der Waals surface area contributed by atoms with Crippen molar-refractivity contribution in [2.45, 2.75) is 44.8 Å². The number of unbranched alkanes of at least 4 members (excludes halogenated alkanes) is 1. The fourth-order valence-electron chi connectivity index (χ4n) is 2.06. The van der Waals surface area contributed by atoms with Crippen LogP contribution < -0.4 is 5.19 Å². The van der Waals surface area contributed by atoms with Crippen LogP contribution in [0.25, 0.3) is 0 Å². The van der Waals surface area contributed by atoms with Crippen molar-refractivity contribution in [2.24, 2.45) is 0 Å². The fourth-order valence-corrected chi connectivity index (χ4v) is 4.77. The molecule has 1 nitrogen and oxygen atoms in total. The summed E-state index contributed by atoms with van der Waals surface area (Å²) in [5, 5.41) is 10.7. The van der Waals surface area contributed by atoms with Gasteiger partial charge in [0.25, 0.3) is 0 Å². The van der Waals surface area contributed by atoms with Gasteiger partial charge in [-0.25, -0.2) is 0 Å². The first-order valence-corrected chi connectivity index (χ1v) is 9.15. The van der Waals surface area contributed by atoms with E-state index in [1.165, 1.54) is 18.0 Å². The van der Waals surface area contributed by atoms with Crippen LogP contribution in [0.15, 0.2) is 30.3 Å². The topological polar surface area (TPSA) is 23.8 Å². The molecule has 1 unspecified atom stereocenters. The number of nitrogens with zero attached hydrogens (tertiary/aromatic N) is 1. The average Bonchev–Trinajstić information content (AvgIpc) is 2.31. The van der Waals surface area contributed by atoms with Gasteiger partial charge in [0.1, 0.15) is 0 Å². The van der Waals surface area contributed by atoms with Gasteiger partial charge in [0.05, 0.1) is 14.1 Å². The van der Waals surface area contributed by atoms with Crippen molar-refractivity contribution in [1.82, 2.24) is 0 Å². The van der Waals surface area contributed by atoms with E-state index in [9.17, 15) is 5.26 Å². The van der Waals surface area contributed by atoms with Gasteiger partial charge in [0, 0.05) is 5.54 Å². The van der Waals surface area contributed by atoms with E-state index in [0.717, 1.165) is 6.42 Å². The molecule has 0 heterocycles. The zero-order valence-corrected chi connectivity index (χ0v) is 11.5. The number of rotatable bonds is 5. The summed E-state index contributed by atoms with van der Waals surface area (Å²) in [4.78, 5) is 0. The van der Waals surface area contributed by atoms with E-state index in [4.69, 9.17) is 0 Å². The normalized spacial score (nSPS) is 13.1. The molecule has 0 saturated heterocycles. The Hall–Kier alpha value is -1.07. The quantitative estimate of drug-likeness (QED) is 0.709. The maximum atomic E-state index is 9.33. The molecule has 0 aliphatic rings. The van der Waals surface area contributed by atoms with Crippen molar-refractivity contribution < 1.29 is 0 Å². The summed E-state index contributed by atoms with van der Waals surface area (Å²) < 4.78 is 0. The molecule has 0 spiro atoms. The van der Waals surface area contributed by atoms with Crippen LogP contribution in [-0.2, 0) is 0 Å². The minimum Gasteiger partial charge on any atom is -0.198 e. The highest BCUT2D eigenvalue weighted by Crippen LogP contribution is 2.26. The van der Waals surface area contributed by atoms with Gasteiger partial charge >= 0.3 is 0 Å². The lowest BCUT2D eigenvalue weighted by Crippen LogP contribution is -2.45. The lowest BCUT2D eigenvalue weighted by Gasteiger charge is -2.28. The van der Waals surface area contributed by atoms with Gasteiger partial charge in [0.15, 0.2) is 0 Å². The molecule has 16 heavy (non-hydrogen) atoms. The van der Waals surface area contributed by atoms with Crippen LogP contribution in [0, 0.1) is 11.3 Å². The molecule has 0 aliphatic carbocycles. The summed E-state index contributed by atoms with van der Waals surface area (Å²) in [5.74, 6) is 0. The number of nitriles is 1. The number of hydrogen-bond acceptors (Lipinski definition) is 1. The van der Waals surface area contributed by atoms with Gasteiger partial charge in [-0.2, -0.15) is 5.26 Å². The molecule has 0 radical (unpaired) electrons. The van der Waals surface area contributed by atoms with E-state index < -0.39 is 8.07 Å². The molecule has 0 aromatic heterocycles. The summed E-state index contributed by atoms with van der Waals surface area (Å²) >= 11 is 0. The molecule has 1 aromatic rings. The predicted molar refractivity (Wildman–Crippen MR) is 72.4 cm³/mol. The maximum absolute atomic E-state index is 9.33. The molecular weight excluding hydrogens is 210 g/mol. The third-order valence-electron chi connectivity index (χ3n) is 3.39. The molecule has 1 atom stereocenters. The number of hydrogen-bond donors (Lipinski definition) is 0. The van der Waals surface area contributed by atoms with Crippen molar-refractivity contribution in [3.8, 4) is 6.07 Å². The summed E-state index contributed by atoms with van der Waals surface area (Å²) in [6.07, 6.45) is 3.40. The van der Waals surface area contributed by atoms with E-state index in [0.29, 0.717) is 0 Å². The molecule has 0 aliphatic heterocycles. The molecule has 0 saturated carbocycles. The molecule has 1 aromatic carbocycles. The van der Waals surface area contributed by atoms with Crippen LogP contribution in [-0.4, -0.2) is 8.07 Å². The third kappa shape index (κ3) is 2.96. The Morgan fingerprint density at radius 1 is 1.25 bits per heavy atom. The first-order chi connectivity index (χ1) is 7.62. The zero-order chi connectivity index (χ0) is 12.0. The Morgan fingerprint density at radius 3 is 2.38 bits per heavy atom. The van der Waals surface area contributed by atoms with Crippen molar-refractivity contribution >= 4 is 13.3 Å². The van der Waals surface area contributed by atoms with Crippen molar-refractivity contribution in [3.05, 3.63) is 30.3 Å². The second-order valence-corrected chi connectivity index (χ2v) is 9.63. The smallest absolute Gasteiger partial charge is 0.0989 e. The average molecular weight is 231 g/mol. The molecule has 0 amide bonds. The Bertz CT molecular complexity index is 351. The Morgan fingerprint density at radius 2 is 1.88 bits per heavy atom. The third-order valence-corrected chi connectivity index (χ3v) is 7.37. The van der Waals surface area contributed by atoms with Crippen molar-refractivity contribution in [2.75, 3.05) is 0 Å². The van der Waals surface area contributed by atoms with Crippen LogP contribution in [0.1, 0.15) is 26.2 Å². The second-order valence-electron chi connectivity index (χ2n) is 4.91. The van der Waals surface area contributed by atoms with Crippen LogP contribution >= 0.6 is 0 Å². The highest BCUT2D eigenvalue weighted by atomic mass is 28.3. The first kappa shape index (κ1) is 13.0. The summed E-state index contributed by atoms with van der Waals surface area (Å²) in [7, 11) is -1.61. The monoisotopic (exact) mass is 231 g/mol. The molecule has 0 fully saturated rings. The van der Waals surface area contributed by atoms with Gasteiger partial charge in [-0.05, 0) is 6.42 Å². The van der Waals surface area contributed by atoms with Crippen LogP contribution in [0.4, 0.5) is 0 Å². The van der Waals surface area contributed by atoms with Crippen LogP contribution in [0.2, 0.25) is 18.6 Å². The van der Waals surface area contributed by atoms with Gasteiger partial charge in [0.2, 0.25) is 0 Å². The molecular formula is C14H21NSi. The van der Waals surface area contributed by atoms with Gasteiger partial charge < -0.3 is 0 Å². The SMILES string of the molecule is CCCCC(C#N)[Si](C)(C)c1ccccc1. The fraction of sp³-hybridized carbons (Fsp3) is 0.500. The maximum Gasteiger partial charge on any atom is 0.0989 e. The highest BCUT2D eigenvalue weighted by molar-refractivity contribution is 6.91. The molecule has 86 valence electrons. The lowest BCUT2D eigenvalue weighted by molar-refractivity contribution is 0.722. The van der Waals surface area contributed by atoms with E-state index in [1.807, 2.05) is 6.07 Å². The Labute approximate surface area is 100 Å². The molecule has 2 heteroatoms. The standard InChI is InChI=1S/C14H21NSi/c1-4-5-9-14(12-15)16(2,3)13-10-7-6-8-11-13/h6-8,10-11,14H,4-5,9H2,1-3H3. The molecule has 1 rings (SSSR count). The largest absolute Gasteiger partial charge is 0.198 e. The van der Waals surface area contributed by atoms with Crippen LogP contribution in [0.3, 0.4) is 0 Å². The summed E-state index contributed by atoms with van der Waals surface area (Å²) in [5.41, 5.74) is 0.245. The van der Waals surface area contributed by atoms with E-state index in [1.54, 1.807) is 0 Å². The Kier molecular flexibility index (Phi) is 4.76. The Balaban J connectivity index is 2.87. The molecule has 0 bridgehead atoms. The predicted octanol–water partition coefficient (Wildman–Crippen LogP) is 3.69. The van der Waals surface area contributed by atoms with E-state index >= 15 is 0 Å². The van der Waals surface area contributed by atoms with Crippen molar-refractivity contribution in [1.29, 1.82) is 5.26 Å². The number of benzene rings is 1. The molecule has 0 N–H and O–H groups in total. The van der Waals surface area contributed by atoms with E-state index in [2.05, 4.69) is 50.4 Å². The zero-order valence-electron chi connectivity index (χ0n) is 10.5. The van der Waals surface area contributed by atoms with Crippen molar-refractivity contribution in [3.63, 3.8) is 0 Å². The highest BCUT2D eigenvalue weighted by Gasteiger charge is 2.33. The summed E-state index contributed by atoms with van der Waals surface area (Å²) in [6.45, 7) is 6.81. The minimum atomic E-state index is -1.61. The van der Waals surface area contributed by atoms with Gasteiger partial charge in [-0.15, -0.1) is 0 Å². The van der Waals surface area contributed by atoms with Crippen LogP contribution in [0.5, 0.6) is 0 Å². The van der Waals surface area contributed by atoms with E-state index in [-0.39, 0.29) is 5.54 Å². The van der Waals surface area contributed by atoms with Gasteiger partial charge in [-0.1, -0.05) is 68.4 Å². The minimum absolute atomic E-state index is 0.245. The first-order valence-electron chi connectivity index (χ1n) is 6.08. The summed E-state index contributed by atoms with van der Waals surface area (Å²) in [6, 6.07) is 13.1. The second kappa shape index (κ2) is 5.86. The van der Waals surface area contributed by atoms with Gasteiger partial charge in [-0.3, -0.25) is 0 Å². The lowest BCUT2D eigenvalue weighted by atomic mass is 10.2.